The second-order valence-electron chi connectivity index (χ2n) is 8.35. The predicted molar refractivity (Wildman–Crippen MR) is 116 cm³/mol. The molecule has 0 radical (unpaired) electrons. The second-order valence-corrected chi connectivity index (χ2v) is 9.23. The number of nitrogens with one attached hydrogen (secondary N) is 1. The number of carbonyl (C=O) groups is 1. The van der Waals surface area contributed by atoms with Gasteiger partial charge in [0.2, 0.25) is 0 Å². The van der Waals surface area contributed by atoms with Crippen LogP contribution in [-0.4, -0.2) is 43.3 Å². The summed E-state index contributed by atoms with van der Waals surface area (Å²) in [7, 11) is 0. The Hall–Kier alpha value is -2.52. The average Bonchev–Trinajstić information content (AvgIpc) is 2.99. The zero-order chi connectivity index (χ0) is 21.9. The molecule has 1 unspecified atom stereocenters. The highest BCUT2D eigenvalue weighted by molar-refractivity contribution is 7.79. The SMILES string of the molecule is Cc1ccc(C(N)=O)c(N2C[C@@H](CCCNc3cccc(S(=O)[O-])n3)CC2(C)C)n1. The lowest BCUT2D eigenvalue weighted by atomic mass is 9.93. The standard InChI is InChI=1S/C21H29N5O3S/c1-14-9-10-16(19(22)27)20(24-14)26-13-15(12-21(26,2)3)6-5-11-23-17-7-4-8-18(25-17)30(28)29/h4,7-10,15H,5-6,11-13H2,1-3H3,(H2,22,27)(H,23,25)(H,28,29)/p-1/t15-/m0/s1. The van der Waals surface area contributed by atoms with E-state index in [0.717, 1.165) is 31.5 Å². The largest absolute Gasteiger partial charge is 0.767 e. The first kappa shape index (κ1) is 22.2. The number of hydrogen-bond donors (Lipinski definition) is 2. The molecule has 0 bridgehead atoms. The van der Waals surface area contributed by atoms with E-state index in [-0.39, 0.29) is 10.6 Å². The van der Waals surface area contributed by atoms with Crippen molar-refractivity contribution in [3.8, 4) is 0 Å². The summed E-state index contributed by atoms with van der Waals surface area (Å²) in [6, 6.07) is 8.45. The van der Waals surface area contributed by atoms with Gasteiger partial charge in [-0.3, -0.25) is 9.00 Å². The van der Waals surface area contributed by atoms with Gasteiger partial charge in [-0.05, 0) is 81.3 Å². The number of nitrogens with two attached hydrogens (primary N) is 1. The number of carbonyl (C=O) groups excluding carboxylic acids is 1. The molecule has 1 aliphatic rings. The molecule has 3 heterocycles. The van der Waals surface area contributed by atoms with E-state index in [4.69, 9.17) is 5.73 Å². The van der Waals surface area contributed by atoms with Crippen LogP contribution in [0.5, 0.6) is 0 Å². The van der Waals surface area contributed by atoms with Crippen molar-refractivity contribution in [3.63, 3.8) is 0 Å². The molecule has 0 aromatic carbocycles. The fourth-order valence-corrected chi connectivity index (χ4v) is 4.47. The molecule has 0 saturated carbocycles. The smallest absolute Gasteiger partial charge is 0.252 e. The Morgan fingerprint density at radius 1 is 1.33 bits per heavy atom. The molecule has 2 aromatic heterocycles. The number of anilines is 2. The molecule has 0 aliphatic carbocycles. The predicted octanol–water partition coefficient (Wildman–Crippen LogP) is 2.62. The summed E-state index contributed by atoms with van der Waals surface area (Å²) < 4.78 is 22.0. The first-order valence-electron chi connectivity index (χ1n) is 10.0. The maximum Gasteiger partial charge on any atom is 0.252 e. The molecule has 2 atom stereocenters. The number of amides is 1. The maximum atomic E-state index is 11.9. The molecular weight excluding hydrogens is 402 g/mol. The number of aryl methyl sites for hydroxylation is 1. The van der Waals surface area contributed by atoms with Gasteiger partial charge in [-0.25, -0.2) is 9.97 Å². The molecule has 9 heteroatoms. The number of aromatic nitrogens is 2. The second kappa shape index (κ2) is 9.09. The number of rotatable bonds is 8. The lowest BCUT2D eigenvalue weighted by Crippen LogP contribution is -2.40. The summed E-state index contributed by atoms with van der Waals surface area (Å²) in [5.74, 6) is 1.22. The molecule has 1 fully saturated rings. The van der Waals surface area contributed by atoms with Crippen LogP contribution in [0.4, 0.5) is 11.6 Å². The quantitative estimate of drug-likeness (QED) is 0.487. The van der Waals surface area contributed by atoms with E-state index in [1.807, 2.05) is 6.92 Å². The minimum atomic E-state index is -2.33. The van der Waals surface area contributed by atoms with Crippen molar-refractivity contribution in [1.82, 2.24) is 9.97 Å². The number of pyridine rings is 2. The Kier molecular flexibility index (Phi) is 6.72. The van der Waals surface area contributed by atoms with E-state index in [0.29, 0.717) is 29.7 Å². The van der Waals surface area contributed by atoms with E-state index in [9.17, 15) is 13.6 Å². The maximum absolute atomic E-state index is 11.9. The highest BCUT2D eigenvalue weighted by Gasteiger charge is 2.40. The third-order valence-corrected chi connectivity index (χ3v) is 6.05. The van der Waals surface area contributed by atoms with E-state index in [1.165, 1.54) is 6.07 Å². The minimum absolute atomic E-state index is 0.0316. The summed E-state index contributed by atoms with van der Waals surface area (Å²) >= 11 is -2.33. The van der Waals surface area contributed by atoms with Gasteiger partial charge >= 0.3 is 0 Å². The zero-order valence-corrected chi connectivity index (χ0v) is 18.4. The van der Waals surface area contributed by atoms with Gasteiger partial charge in [0.25, 0.3) is 5.91 Å². The van der Waals surface area contributed by atoms with Crippen molar-refractivity contribution in [2.24, 2.45) is 11.7 Å². The number of nitrogens with zero attached hydrogens (tertiary/aromatic N) is 3. The Bertz CT molecular complexity index is 950. The van der Waals surface area contributed by atoms with Gasteiger partial charge in [0.1, 0.15) is 16.7 Å². The van der Waals surface area contributed by atoms with Gasteiger partial charge in [0.15, 0.2) is 0 Å². The number of primary amides is 1. The van der Waals surface area contributed by atoms with Crippen molar-refractivity contribution in [2.75, 3.05) is 23.3 Å². The summed E-state index contributed by atoms with van der Waals surface area (Å²) in [5, 5.41) is 3.22. The van der Waals surface area contributed by atoms with Gasteiger partial charge in [0, 0.05) is 24.3 Å². The van der Waals surface area contributed by atoms with Crippen LogP contribution in [0.1, 0.15) is 49.2 Å². The van der Waals surface area contributed by atoms with Crippen molar-refractivity contribution in [2.45, 2.75) is 50.6 Å². The Morgan fingerprint density at radius 3 is 2.80 bits per heavy atom. The zero-order valence-electron chi connectivity index (χ0n) is 17.6. The number of hydrogen-bond acceptors (Lipinski definition) is 7. The molecule has 1 amide bonds. The van der Waals surface area contributed by atoms with E-state index < -0.39 is 17.0 Å². The van der Waals surface area contributed by atoms with Crippen LogP contribution in [-0.2, 0) is 11.1 Å². The molecule has 162 valence electrons. The highest BCUT2D eigenvalue weighted by Crippen LogP contribution is 2.39. The third kappa shape index (κ3) is 5.14. The fraction of sp³-hybridized carbons (Fsp3) is 0.476. The molecule has 8 nitrogen and oxygen atoms in total. The van der Waals surface area contributed by atoms with E-state index >= 15 is 0 Å². The van der Waals surface area contributed by atoms with Crippen LogP contribution in [0.3, 0.4) is 0 Å². The molecule has 3 N–H and O–H groups in total. The fourth-order valence-electron chi connectivity index (χ4n) is 4.11. The van der Waals surface area contributed by atoms with Crippen LogP contribution >= 0.6 is 0 Å². The van der Waals surface area contributed by atoms with E-state index in [2.05, 4.69) is 34.0 Å². The molecule has 1 aliphatic heterocycles. The van der Waals surface area contributed by atoms with Crippen molar-refractivity contribution < 1.29 is 13.6 Å². The molecule has 0 spiro atoms. The van der Waals surface area contributed by atoms with Crippen LogP contribution in [0.25, 0.3) is 0 Å². The average molecular weight is 431 g/mol. The van der Waals surface area contributed by atoms with Crippen LogP contribution in [0.2, 0.25) is 0 Å². The van der Waals surface area contributed by atoms with Crippen molar-refractivity contribution in [1.29, 1.82) is 0 Å². The Morgan fingerprint density at radius 2 is 2.10 bits per heavy atom. The van der Waals surface area contributed by atoms with Crippen LogP contribution in [0.15, 0.2) is 35.4 Å². The Balaban J connectivity index is 1.60. The van der Waals surface area contributed by atoms with Crippen molar-refractivity contribution >= 4 is 28.6 Å². The first-order chi connectivity index (χ1) is 14.2. The van der Waals surface area contributed by atoms with Gasteiger partial charge in [-0.15, -0.1) is 0 Å². The van der Waals surface area contributed by atoms with Gasteiger partial charge in [-0.1, -0.05) is 6.07 Å². The molecule has 30 heavy (non-hydrogen) atoms. The molecule has 3 rings (SSSR count). The van der Waals surface area contributed by atoms with E-state index in [1.54, 1.807) is 24.3 Å². The molecule has 1 saturated heterocycles. The normalized spacial score (nSPS) is 18.9. The summed E-state index contributed by atoms with van der Waals surface area (Å²) in [6.45, 7) is 7.75. The van der Waals surface area contributed by atoms with Gasteiger partial charge in [-0.2, -0.15) is 0 Å². The summed E-state index contributed by atoms with van der Waals surface area (Å²) in [5.41, 5.74) is 6.76. The van der Waals surface area contributed by atoms with Crippen LogP contribution < -0.4 is 16.0 Å². The topological polar surface area (TPSA) is 124 Å². The Labute approximate surface area is 179 Å². The highest BCUT2D eigenvalue weighted by atomic mass is 32.2. The van der Waals surface area contributed by atoms with Crippen molar-refractivity contribution in [3.05, 3.63) is 41.6 Å². The molecule has 2 aromatic rings. The molecular formula is C21H28N5O3S-. The third-order valence-electron chi connectivity index (χ3n) is 5.48. The van der Waals surface area contributed by atoms with Gasteiger partial charge < -0.3 is 20.5 Å². The summed E-state index contributed by atoms with van der Waals surface area (Å²) in [4.78, 5) is 22.8. The lowest BCUT2D eigenvalue weighted by Gasteiger charge is -2.33. The summed E-state index contributed by atoms with van der Waals surface area (Å²) in [6.07, 6.45) is 2.91. The monoisotopic (exact) mass is 430 g/mol. The van der Waals surface area contributed by atoms with Crippen LogP contribution in [0, 0.1) is 12.8 Å². The lowest BCUT2D eigenvalue weighted by molar-refractivity contribution is 0.100. The minimum Gasteiger partial charge on any atom is -0.767 e. The first-order valence-corrected chi connectivity index (χ1v) is 11.1. The van der Waals surface area contributed by atoms with Gasteiger partial charge in [0.05, 0.1) is 5.56 Å².